The van der Waals surface area contributed by atoms with E-state index in [1.165, 1.54) is 38.5 Å². The van der Waals surface area contributed by atoms with E-state index in [9.17, 15) is 0 Å². The van der Waals surface area contributed by atoms with Gasteiger partial charge in [-0.05, 0) is 48.7 Å². The third-order valence-electron chi connectivity index (χ3n) is 8.13. The predicted molar refractivity (Wildman–Crippen MR) is 142 cm³/mol. The van der Waals surface area contributed by atoms with Crippen LogP contribution in [0.15, 0.2) is 85.2 Å². The topological polar surface area (TPSA) is 65.8 Å². The molecule has 0 radical (unpaired) electrons. The Morgan fingerprint density at radius 1 is 0.611 bits per heavy atom. The Bertz CT molecular complexity index is 1770. The van der Waals surface area contributed by atoms with E-state index in [4.69, 9.17) is 9.47 Å². The number of hydrogen-bond acceptors (Lipinski definition) is 2. The van der Waals surface area contributed by atoms with Gasteiger partial charge in [0.1, 0.15) is 6.10 Å². The number of nitrogens with one attached hydrogen (secondary N) is 3. The zero-order valence-electron chi connectivity index (χ0n) is 20.2. The fraction of sp³-hybridized carbons (Fsp3) is 0.226. The van der Waals surface area contributed by atoms with Gasteiger partial charge in [0.05, 0.1) is 12.0 Å². The zero-order chi connectivity index (χ0) is 24.0. The van der Waals surface area contributed by atoms with Gasteiger partial charge in [0, 0.05) is 56.7 Å². The molecule has 1 aliphatic carbocycles. The average molecular weight is 474 g/mol. The van der Waals surface area contributed by atoms with Crippen molar-refractivity contribution in [2.75, 3.05) is 0 Å². The van der Waals surface area contributed by atoms with Gasteiger partial charge in [-0.25, -0.2) is 0 Å². The van der Waals surface area contributed by atoms with Crippen LogP contribution < -0.4 is 0 Å². The van der Waals surface area contributed by atoms with E-state index >= 15 is 0 Å². The minimum Gasteiger partial charge on any atom is -0.361 e. The molecule has 5 heteroatoms. The van der Waals surface area contributed by atoms with E-state index in [1.54, 1.807) is 0 Å². The first-order valence-corrected chi connectivity index (χ1v) is 12.7. The first-order chi connectivity index (χ1) is 17.6. The van der Waals surface area contributed by atoms with Crippen molar-refractivity contribution >= 4 is 32.7 Å². The minimum absolute atomic E-state index is 0.0109. The van der Waals surface area contributed by atoms with Crippen LogP contribution in [0, 0.1) is 0 Å². The van der Waals surface area contributed by atoms with Crippen LogP contribution in [-0.4, -0.2) is 32.9 Å². The average Bonchev–Trinajstić information content (AvgIpc) is 3.65. The van der Waals surface area contributed by atoms with Gasteiger partial charge in [0.25, 0.3) is 0 Å². The van der Waals surface area contributed by atoms with E-state index in [2.05, 4.69) is 100 Å². The molecule has 5 nitrogen and oxygen atoms in total. The first kappa shape index (κ1) is 20.4. The highest BCUT2D eigenvalue weighted by atomic mass is 16.8. The van der Waals surface area contributed by atoms with E-state index < -0.39 is 5.79 Å². The van der Waals surface area contributed by atoms with Crippen molar-refractivity contribution in [3.63, 3.8) is 0 Å². The number of aromatic amines is 3. The van der Waals surface area contributed by atoms with Gasteiger partial charge in [-0.2, -0.15) is 0 Å². The van der Waals surface area contributed by atoms with Crippen LogP contribution in [0.4, 0.5) is 0 Å². The maximum absolute atomic E-state index is 6.79. The van der Waals surface area contributed by atoms with Gasteiger partial charge in [-0.1, -0.05) is 54.6 Å². The Balaban J connectivity index is 1.45. The van der Waals surface area contributed by atoms with Gasteiger partial charge >= 0.3 is 0 Å². The quantitative estimate of drug-likeness (QED) is 0.255. The standard InChI is InChI=1S/C31H27N3O2/c1-31(2)35-29-26(20-15-32-22-12-6-3-9-17(20)22)25-19-11-5-8-14-24(19)34-28(25)27(30(29)36-31)21-16-33-23-13-7-4-10-18(21)23/h3-16,26-27,29-30,32-34H,1-2H3/t26-,27-,29?,30?/m1/s1. The number of ether oxygens (including phenoxy) is 2. The molecule has 4 heterocycles. The molecule has 3 N–H and O–H groups in total. The summed E-state index contributed by atoms with van der Waals surface area (Å²) in [5.41, 5.74) is 8.46. The van der Waals surface area contributed by atoms with Crippen LogP contribution in [0.25, 0.3) is 32.7 Å². The van der Waals surface area contributed by atoms with Gasteiger partial charge in [0.15, 0.2) is 5.79 Å². The SMILES string of the molecule is CC1(C)OC2C(O1)[C@H](c1c[nH]c3ccccc13)c1[nH]c3ccccc3c1[C@H]2c1c[nH]c2ccccc12. The highest BCUT2D eigenvalue weighted by Crippen LogP contribution is 2.55. The molecule has 178 valence electrons. The van der Waals surface area contributed by atoms with Crippen molar-refractivity contribution in [3.8, 4) is 0 Å². The Morgan fingerprint density at radius 3 is 1.75 bits per heavy atom. The predicted octanol–water partition coefficient (Wildman–Crippen LogP) is 6.93. The van der Waals surface area contributed by atoms with Crippen LogP contribution in [0.1, 0.15) is 48.1 Å². The summed E-state index contributed by atoms with van der Waals surface area (Å²) in [5.74, 6) is -0.638. The molecule has 0 spiro atoms. The second-order valence-corrected chi connectivity index (χ2v) is 10.6. The maximum Gasteiger partial charge on any atom is 0.163 e. The summed E-state index contributed by atoms with van der Waals surface area (Å²) in [6.45, 7) is 4.08. The second kappa shape index (κ2) is 7.12. The van der Waals surface area contributed by atoms with Crippen LogP contribution in [-0.2, 0) is 9.47 Å². The summed E-state index contributed by atoms with van der Waals surface area (Å²) >= 11 is 0. The van der Waals surface area contributed by atoms with Crippen molar-refractivity contribution in [3.05, 3.63) is 108 Å². The number of aromatic nitrogens is 3. The first-order valence-electron chi connectivity index (χ1n) is 12.7. The fourth-order valence-corrected chi connectivity index (χ4v) is 6.79. The second-order valence-electron chi connectivity index (χ2n) is 10.6. The molecule has 3 aromatic carbocycles. The molecular formula is C31H27N3O2. The maximum atomic E-state index is 6.79. The van der Waals surface area contributed by atoms with Crippen molar-refractivity contribution in [2.45, 2.75) is 43.7 Å². The lowest BCUT2D eigenvalue weighted by Gasteiger charge is -2.37. The van der Waals surface area contributed by atoms with Crippen molar-refractivity contribution < 1.29 is 9.47 Å². The van der Waals surface area contributed by atoms with Gasteiger partial charge in [0.2, 0.25) is 0 Å². The van der Waals surface area contributed by atoms with Crippen LogP contribution in [0.3, 0.4) is 0 Å². The van der Waals surface area contributed by atoms with E-state index in [-0.39, 0.29) is 24.0 Å². The Labute approximate surface area is 208 Å². The normalized spacial score (nSPS) is 24.9. The molecule has 1 saturated heterocycles. The highest BCUT2D eigenvalue weighted by Gasteiger charge is 2.55. The minimum atomic E-state index is -0.677. The molecule has 1 aliphatic heterocycles. The molecular weight excluding hydrogens is 446 g/mol. The number of benzene rings is 3. The molecule has 6 aromatic rings. The molecule has 0 amide bonds. The van der Waals surface area contributed by atoms with Crippen LogP contribution >= 0.6 is 0 Å². The number of para-hydroxylation sites is 3. The van der Waals surface area contributed by atoms with Gasteiger partial charge < -0.3 is 24.4 Å². The molecule has 36 heavy (non-hydrogen) atoms. The van der Waals surface area contributed by atoms with E-state index in [0.29, 0.717) is 0 Å². The third kappa shape index (κ3) is 2.73. The van der Waals surface area contributed by atoms with Crippen molar-refractivity contribution in [2.24, 2.45) is 0 Å². The summed E-state index contributed by atoms with van der Waals surface area (Å²) < 4.78 is 13.6. The van der Waals surface area contributed by atoms with Crippen LogP contribution in [0.5, 0.6) is 0 Å². The molecule has 3 aromatic heterocycles. The van der Waals surface area contributed by atoms with Crippen LogP contribution in [0.2, 0.25) is 0 Å². The number of H-pyrrole nitrogens is 3. The summed E-state index contributed by atoms with van der Waals surface area (Å²) in [6.07, 6.45) is 4.05. The molecule has 4 atom stereocenters. The Morgan fingerprint density at radius 2 is 1.11 bits per heavy atom. The van der Waals surface area contributed by atoms with Crippen molar-refractivity contribution in [1.29, 1.82) is 0 Å². The highest BCUT2D eigenvalue weighted by molar-refractivity contribution is 5.91. The van der Waals surface area contributed by atoms with E-state index in [1.807, 2.05) is 13.8 Å². The third-order valence-corrected chi connectivity index (χ3v) is 8.13. The number of hydrogen-bond donors (Lipinski definition) is 3. The lowest BCUT2D eigenvalue weighted by molar-refractivity contribution is -0.147. The monoisotopic (exact) mass is 473 g/mol. The molecule has 0 bridgehead atoms. The van der Waals surface area contributed by atoms with Gasteiger partial charge in [-0.15, -0.1) is 0 Å². The molecule has 2 aliphatic rings. The molecule has 1 fully saturated rings. The lowest BCUT2D eigenvalue weighted by atomic mass is 9.70. The van der Waals surface area contributed by atoms with E-state index in [0.717, 1.165) is 16.6 Å². The summed E-state index contributed by atoms with van der Waals surface area (Å²) in [7, 11) is 0. The number of rotatable bonds is 2. The fourth-order valence-electron chi connectivity index (χ4n) is 6.79. The van der Waals surface area contributed by atoms with Crippen molar-refractivity contribution in [1.82, 2.24) is 15.0 Å². The Hall–Kier alpha value is -3.80. The Kier molecular flexibility index (Phi) is 4.04. The lowest BCUT2D eigenvalue weighted by Crippen LogP contribution is -2.40. The molecule has 8 rings (SSSR count). The number of fused-ring (bicyclic) bond motifs is 6. The summed E-state index contributed by atoms with van der Waals surface area (Å²) in [5, 5.41) is 3.71. The summed E-state index contributed by atoms with van der Waals surface area (Å²) in [4.78, 5) is 10.8. The molecule has 0 saturated carbocycles. The molecule has 2 unspecified atom stereocenters. The summed E-state index contributed by atoms with van der Waals surface area (Å²) in [6, 6.07) is 25.7. The largest absolute Gasteiger partial charge is 0.361 e. The smallest absolute Gasteiger partial charge is 0.163 e. The van der Waals surface area contributed by atoms with Gasteiger partial charge in [-0.3, -0.25) is 0 Å². The zero-order valence-corrected chi connectivity index (χ0v) is 20.2.